The lowest BCUT2D eigenvalue weighted by Crippen LogP contribution is -2.35. The normalized spacial score (nSPS) is 10.8. The molecule has 0 atom stereocenters. The van der Waals surface area contributed by atoms with Crippen molar-refractivity contribution in [3.63, 3.8) is 0 Å². The van der Waals surface area contributed by atoms with Gasteiger partial charge in [-0.3, -0.25) is 9.59 Å². The van der Waals surface area contributed by atoms with Crippen LogP contribution in [0.1, 0.15) is 21.5 Å². The zero-order valence-electron chi connectivity index (χ0n) is 17.7. The van der Waals surface area contributed by atoms with Crippen molar-refractivity contribution < 1.29 is 19.0 Å². The molecule has 0 fully saturated rings. The Labute approximate surface area is 175 Å². The molecule has 0 radical (unpaired) electrons. The van der Waals surface area contributed by atoms with Gasteiger partial charge < -0.3 is 24.1 Å². The van der Waals surface area contributed by atoms with E-state index in [2.05, 4.69) is 4.98 Å². The largest absolute Gasteiger partial charge is 0.497 e. The molecule has 1 heterocycles. The van der Waals surface area contributed by atoms with Crippen LogP contribution < -0.4 is 15.0 Å². The number of ether oxygens (including phenoxy) is 3. The molecule has 1 amide bonds. The van der Waals surface area contributed by atoms with Crippen molar-refractivity contribution >= 4 is 16.8 Å². The topological polar surface area (TPSA) is 80.9 Å². The molecular weight excluding hydrogens is 384 g/mol. The van der Waals surface area contributed by atoms with Gasteiger partial charge in [-0.25, -0.2) is 0 Å². The summed E-state index contributed by atoms with van der Waals surface area (Å²) in [6, 6.07) is 12.7. The van der Waals surface area contributed by atoms with Crippen LogP contribution in [0.15, 0.2) is 47.3 Å². The number of rotatable bonds is 8. The van der Waals surface area contributed by atoms with E-state index in [1.807, 2.05) is 31.2 Å². The Hall–Kier alpha value is -3.32. The van der Waals surface area contributed by atoms with Gasteiger partial charge >= 0.3 is 0 Å². The average molecular weight is 410 g/mol. The molecule has 3 rings (SSSR count). The highest BCUT2D eigenvalue weighted by Gasteiger charge is 2.19. The van der Waals surface area contributed by atoms with Crippen LogP contribution in [-0.2, 0) is 11.3 Å². The fourth-order valence-electron chi connectivity index (χ4n) is 3.32. The van der Waals surface area contributed by atoms with Gasteiger partial charge in [0, 0.05) is 30.8 Å². The molecule has 158 valence electrons. The monoisotopic (exact) mass is 410 g/mol. The second-order valence-electron chi connectivity index (χ2n) is 6.98. The van der Waals surface area contributed by atoms with Crippen molar-refractivity contribution in [2.75, 3.05) is 34.5 Å². The fourth-order valence-corrected chi connectivity index (χ4v) is 3.32. The van der Waals surface area contributed by atoms with E-state index in [4.69, 9.17) is 14.2 Å². The van der Waals surface area contributed by atoms with Crippen LogP contribution in [0.5, 0.6) is 11.5 Å². The number of fused-ring (bicyclic) bond motifs is 1. The quantitative estimate of drug-likeness (QED) is 0.617. The minimum absolute atomic E-state index is 0.154. The fraction of sp³-hybridized carbons (Fsp3) is 0.304. The lowest BCUT2D eigenvalue weighted by molar-refractivity contribution is 0.0679. The summed E-state index contributed by atoms with van der Waals surface area (Å²) in [5.41, 5.74) is 2.50. The van der Waals surface area contributed by atoms with E-state index in [-0.39, 0.29) is 18.0 Å². The van der Waals surface area contributed by atoms with Crippen molar-refractivity contribution in [1.29, 1.82) is 0 Å². The van der Waals surface area contributed by atoms with Crippen LogP contribution in [0.4, 0.5) is 0 Å². The predicted octanol–water partition coefficient (Wildman–Crippen LogP) is 3.14. The molecule has 7 heteroatoms. The van der Waals surface area contributed by atoms with Gasteiger partial charge in [0.25, 0.3) is 11.5 Å². The van der Waals surface area contributed by atoms with Crippen molar-refractivity contribution in [2.45, 2.75) is 13.5 Å². The van der Waals surface area contributed by atoms with Gasteiger partial charge in [-0.05, 0) is 36.1 Å². The SMILES string of the molecule is COCCN(Cc1cc2cccc(C)c2[nH]c1=O)C(=O)c1cc(OC)cc(OC)c1. The maximum atomic E-state index is 13.3. The van der Waals surface area contributed by atoms with Crippen LogP contribution in [0, 0.1) is 6.92 Å². The van der Waals surface area contributed by atoms with Gasteiger partial charge in [-0.1, -0.05) is 18.2 Å². The van der Waals surface area contributed by atoms with Crippen molar-refractivity contribution in [3.8, 4) is 11.5 Å². The van der Waals surface area contributed by atoms with Crippen molar-refractivity contribution in [2.24, 2.45) is 0 Å². The van der Waals surface area contributed by atoms with Gasteiger partial charge in [-0.2, -0.15) is 0 Å². The summed E-state index contributed by atoms with van der Waals surface area (Å²) in [5.74, 6) is 0.792. The molecule has 0 aliphatic heterocycles. The number of aryl methyl sites for hydroxylation is 1. The molecule has 0 saturated carbocycles. The van der Waals surface area contributed by atoms with E-state index in [1.54, 1.807) is 30.2 Å². The number of hydrogen-bond acceptors (Lipinski definition) is 5. The van der Waals surface area contributed by atoms with Crippen LogP contribution in [0.3, 0.4) is 0 Å². The molecule has 0 aliphatic rings. The number of aromatic nitrogens is 1. The van der Waals surface area contributed by atoms with Crippen LogP contribution in [0.25, 0.3) is 10.9 Å². The lowest BCUT2D eigenvalue weighted by Gasteiger charge is -2.23. The number of hydrogen-bond donors (Lipinski definition) is 1. The number of aromatic amines is 1. The van der Waals surface area contributed by atoms with E-state index in [0.29, 0.717) is 35.8 Å². The molecule has 0 saturated heterocycles. The standard InChI is InChI=1S/C23H26N2O5/c1-15-6-5-7-16-10-18(22(26)24-21(15)16)14-25(8-9-28-2)23(27)17-11-19(29-3)13-20(12-17)30-4/h5-7,10-13H,8-9,14H2,1-4H3,(H,24,26). The summed E-state index contributed by atoms with van der Waals surface area (Å²) < 4.78 is 15.7. The zero-order chi connectivity index (χ0) is 21.7. The number of benzene rings is 2. The van der Waals surface area contributed by atoms with Gasteiger partial charge in [-0.15, -0.1) is 0 Å². The number of nitrogens with one attached hydrogen (secondary N) is 1. The number of amides is 1. The number of pyridine rings is 1. The molecule has 3 aromatic rings. The second kappa shape index (κ2) is 9.45. The van der Waals surface area contributed by atoms with Gasteiger partial charge in [0.15, 0.2) is 0 Å². The lowest BCUT2D eigenvalue weighted by atomic mass is 10.1. The summed E-state index contributed by atoms with van der Waals surface area (Å²) >= 11 is 0. The van der Waals surface area contributed by atoms with Crippen LogP contribution >= 0.6 is 0 Å². The molecule has 1 N–H and O–H groups in total. The molecule has 0 bridgehead atoms. The first-order valence-corrected chi connectivity index (χ1v) is 9.59. The number of H-pyrrole nitrogens is 1. The first-order chi connectivity index (χ1) is 14.5. The third-order valence-corrected chi connectivity index (χ3v) is 4.98. The summed E-state index contributed by atoms with van der Waals surface area (Å²) in [6.45, 7) is 2.78. The van der Waals surface area contributed by atoms with Crippen molar-refractivity contribution in [3.05, 3.63) is 69.5 Å². The number of methoxy groups -OCH3 is 3. The highest BCUT2D eigenvalue weighted by molar-refractivity contribution is 5.95. The Morgan fingerprint density at radius 2 is 1.73 bits per heavy atom. The Balaban J connectivity index is 1.97. The third-order valence-electron chi connectivity index (χ3n) is 4.98. The molecule has 0 aliphatic carbocycles. The Kier molecular flexibility index (Phi) is 6.74. The first-order valence-electron chi connectivity index (χ1n) is 9.59. The highest BCUT2D eigenvalue weighted by Crippen LogP contribution is 2.24. The maximum absolute atomic E-state index is 13.3. The second-order valence-corrected chi connectivity index (χ2v) is 6.98. The smallest absolute Gasteiger partial charge is 0.254 e. The minimum atomic E-state index is -0.243. The minimum Gasteiger partial charge on any atom is -0.497 e. The van der Waals surface area contributed by atoms with E-state index in [1.165, 1.54) is 14.2 Å². The van der Waals surface area contributed by atoms with Crippen LogP contribution in [-0.4, -0.2) is 50.3 Å². The number of carbonyl (C=O) groups excluding carboxylic acids is 1. The van der Waals surface area contributed by atoms with E-state index >= 15 is 0 Å². The number of para-hydroxylation sites is 1. The van der Waals surface area contributed by atoms with Gasteiger partial charge in [0.1, 0.15) is 11.5 Å². The molecule has 0 spiro atoms. The Morgan fingerprint density at radius 1 is 1.03 bits per heavy atom. The number of carbonyl (C=O) groups is 1. The molecule has 0 unspecified atom stereocenters. The van der Waals surface area contributed by atoms with Crippen molar-refractivity contribution in [1.82, 2.24) is 9.88 Å². The maximum Gasteiger partial charge on any atom is 0.254 e. The summed E-state index contributed by atoms with van der Waals surface area (Å²) in [7, 11) is 4.63. The Bertz CT molecular complexity index is 1080. The van der Waals surface area contributed by atoms with Gasteiger partial charge in [0.2, 0.25) is 0 Å². The zero-order valence-corrected chi connectivity index (χ0v) is 17.7. The first kappa shape index (κ1) is 21.4. The summed E-state index contributed by atoms with van der Waals surface area (Å²) in [6.07, 6.45) is 0. The number of nitrogens with zero attached hydrogens (tertiary/aromatic N) is 1. The van der Waals surface area contributed by atoms with Crippen LogP contribution in [0.2, 0.25) is 0 Å². The third kappa shape index (κ3) is 4.63. The molecule has 7 nitrogen and oxygen atoms in total. The molecular formula is C23H26N2O5. The summed E-state index contributed by atoms with van der Waals surface area (Å²) in [4.78, 5) is 30.5. The van der Waals surface area contributed by atoms with E-state index in [0.717, 1.165) is 16.5 Å². The molecule has 30 heavy (non-hydrogen) atoms. The highest BCUT2D eigenvalue weighted by atomic mass is 16.5. The average Bonchev–Trinajstić information content (AvgIpc) is 2.76. The summed E-state index contributed by atoms with van der Waals surface area (Å²) in [5, 5.41) is 0.923. The van der Waals surface area contributed by atoms with Gasteiger partial charge in [0.05, 0.1) is 32.9 Å². The van der Waals surface area contributed by atoms with E-state index in [9.17, 15) is 9.59 Å². The molecule has 1 aromatic heterocycles. The Morgan fingerprint density at radius 3 is 2.37 bits per heavy atom. The van der Waals surface area contributed by atoms with E-state index < -0.39 is 0 Å². The molecule has 2 aromatic carbocycles. The predicted molar refractivity (Wildman–Crippen MR) is 115 cm³/mol.